The van der Waals surface area contributed by atoms with Gasteiger partial charge in [-0.15, -0.1) is 0 Å². The molecule has 4 rings (SSSR count). The van der Waals surface area contributed by atoms with Crippen molar-refractivity contribution in [3.05, 3.63) is 29.8 Å². The first-order valence-electron chi connectivity index (χ1n) is 10.5. The van der Waals surface area contributed by atoms with Crippen LogP contribution in [-0.4, -0.2) is 49.4 Å². The van der Waals surface area contributed by atoms with Crippen molar-refractivity contribution in [3.8, 4) is 0 Å². The van der Waals surface area contributed by atoms with Crippen LogP contribution in [0.2, 0.25) is 0 Å². The Balaban J connectivity index is 1.38. The predicted molar refractivity (Wildman–Crippen MR) is 107 cm³/mol. The molecule has 3 heterocycles. The van der Waals surface area contributed by atoms with E-state index in [1.54, 1.807) is 4.90 Å². The van der Waals surface area contributed by atoms with E-state index in [-0.39, 0.29) is 17.7 Å². The van der Waals surface area contributed by atoms with Crippen molar-refractivity contribution in [2.24, 2.45) is 17.8 Å². The fourth-order valence-electron chi connectivity index (χ4n) is 4.95. The van der Waals surface area contributed by atoms with Crippen LogP contribution < -0.4 is 10.2 Å². The molecule has 0 aromatic heterocycles. The Morgan fingerprint density at radius 2 is 1.78 bits per heavy atom. The van der Waals surface area contributed by atoms with Gasteiger partial charge < -0.3 is 15.1 Å². The Bertz CT molecular complexity index is 673. The van der Waals surface area contributed by atoms with Gasteiger partial charge in [0.25, 0.3) is 0 Å². The normalized spacial score (nSPS) is 28.3. The predicted octanol–water partition coefficient (Wildman–Crippen LogP) is 2.45. The molecule has 146 valence electrons. The number of nitrogens with zero attached hydrogens (tertiary/aromatic N) is 2. The van der Waals surface area contributed by atoms with Crippen molar-refractivity contribution in [1.29, 1.82) is 0 Å². The van der Waals surface area contributed by atoms with Crippen LogP contribution in [0.5, 0.6) is 0 Å². The molecule has 1 unspecified atom stereocenters. The molecule has 3 atom stereocenters. The van der Waals surface area contributed by atoms with Crippen LogP contribution in [-0.2, 0) is 16.0 Å². The van der Waals surface area contributed by atoms with Crippen molar-refractivity contribution >= 4 is 17.5 Å². The van der Waals surface area contributed by atoms with Crippen LogP contribution in [0.3, 0.4) is 0 Å². The summed E-state index contributed by atoms with van der Waals surface area (Å²) in [5.41, 5.74) is 2.22. The van der Waals surface area contributed by atoms with Gasteiger partial charge in [0, 0.05) is 31.7 Å². The first-order valence-corrected chi connectivity index (χ1v) is 10.5. The first-order chi connectivity index (χ1) is 13.2. The summed E-state index contributed by atoms with van der Waals surface area (Å²) in [6.07, 6.45) is 4.70. The Hall–Kier alpha value is -1.88. The molecule has 1 N–H and O–H groups in total. The minimum absolute atomic E-state index is 0.0764. The van der Waals surface area contributed by atoms with Gasteiger partial charge in [-0.05, 0) is 61.9 Å². The lowest BCUT2D eigenvalue weighted by molar-refractivity contribution is -0.135. The van der Waals surface area contributed by atoms with Crippen molar-refractivity contribution in [1.82, 2.24) is 10.2 Å². The van der Waals surface area contributed by atoms with E-state index in [0.29, 0.717) is 24.8 Å². The van der Waals surface area contributed by atoms with Gasteiger partial charge in [-0.25, -0.2) is 0 Å². The monoisotopic (exact) mass is 369 g/mol. The van der Waals surface area contributed by atoms with Crippen molar-refractivity contribution in [2.75, 3.05) is 37.6 Å². The quantitative estimate of drug-likeness (QED) is 0.887. The third-order valence-corrected chi connectivity index (χ3v) is 6.59. The average Bonchev–Trinajstić information content (AvgIpc) is 3.24. The number of carbonyl (C=O) groups excluding carboxylic acids is 2. The molecule has 0 saturated carbocycles. The van der Waals surface area contributed by atoms with Gasteiger partial charge in [0.05, 0.1) is 5.92 Å². The molecule has 3 saturated heterocycles. The molecule has 3 aliphatic heterocycles. The number of likely N-dealkylation sites (tertiary alicyclic amines) is 1. The molecule has 2 amide bonds. The second kappa shape index (κ2) is 8.01. The van der Waals surface area contributed by atoms with Gasteiger partial charge in [-0.2, -0.15) is 0 Å². The van der Waals surface area contributed by atoms with Crippen LogP contribution >= 0.6 is 0 Å². The van der Waals surface area contributed by atoms with Crippen LogP contribution in [0.1, 0.15) is 38.2 Å². The number of carbonyl (C=O) groups is 2. The van der Waals surface area contributed by atoms with Crippen LogP contribution in [0.15, 0.2) is 24.3 Å². The van der Waals surface area contributed by atoms with Gasteiger partial charge in [-0.3, -0.25) is 9.59 Å². The van der Waals surface area contributed by atoms with Gasteiger partial charge in [0.15, 0.2) is 0 Å². The highest BCUT2D eigenvalue weighted by atomic mass is 16.2. The summed E-state index contributed by atoms with van der Waals surface area (Å²) in [6.45, 7) is 6.57. The Morgan fingerprint density at radius 3 is 2.41 bits per heavy atom. The summed E-state index contributed by atoms with van der Waals surface area (Å²) in [4.78, 5) is 29.5. The van der Waals surface area contributed by atoms with Crippen LogP contribution in [0, 0.1) is 17.8 Å². The second-order valence-corrected chi connectivity index (χ2v) is 8.40. The van der Waals surface area contributed by atoms with Gasteiger partial charge >= 0.3 is 0 Å². The third kappa shape index (κ3) is 3.88. The highest BCUT2D eigenvalue weighted by Crippen LogP contribution is 2.30. The maximum atomic E-state index is 13.1. The lowest BCUT2D eigenvalue weighted by atomic mass is 9.92. The number of fused-ring (bicyclic) bond motifs is 1. The zero-order valence-corrected chi connectivity index (χ0v) is 16.3. The molecular formula is C22H31N3O2. The van der Waals surface area contributed by atoms with E-state index >= 15 is 0 Å². The Labute approximate surface area is 162 Å². The molecule has 5 nitrogen and oxygen atoms in total. The Kier molecular flexibility index (Phi) is 5.48. The topological polar surface area (TPSA) is 52.7 Å². The van der Waals surface area contributed by atoms with E-state index in [2.05, 4.69) is 24.4 Å². The number of hydrogen-bond acceptors (Lipinski definition) is 3. The van der Waals surface area contributed by atoms with Gasteiger partial charge in [-0.1, -0.05) is 25.5 Å². The van der Waals surface area contributed by atoms with Crippen LogP contribution in [0.25, 0.3) is 0 Å². The number of nitrogens with one attached hydrogen (secondary N) is 1. The summed E-state index contributed by atoms with van der Waals surface area (Å²) in [6, 6.07) is 8.25. The number of benzene rings is 1. The van der Waals surface area contributed by atoms with Crippen molar-refractivity contribution in [2.45, 2.75) is 39.0 Å². The fraction of sp³-hybridized carbons (Fsp3) is 0.636. The zero-order valence-electron chi connectivity index (χ0n) is 16.3. The molecule has 27 heavy (non-hydrogen) atoms. The number of rotatable bonds is 4. The number of hydrogen-bond donors (Lipinski definition) is 1. The molecule has 0 radical (unpaired) electrons. The Morgan fingerprint density at radius 1 is 1.11 bits per heavy atom. The maximum absolute atomic E-state index is 13.1. The molecule has 3 fully saturated rings. The maximum Gasteiger partial charge on any atom is 0.228 e. The smallest absolute Gasteiger partial charge is 0.228 e. The molecule has 0 aliphatic carbocycles. The molecule has 5 heteroatoms. The summed E-state index contributed by atoms with van der Waals surface area (Å²) in [5, 5.41) is 3.48. The molecule has 1 aromatic rings. The van der Waals surface area contributed by atoms with Gasteiger partial charge in [0.2, 0.25) is 11.8 Å². The average molecular weight is 370 g/mol. The van der Waals surface area contributed by atoms with E-state index in [1.807, 2.05) is 17.0 Å². The lowest BCUT2D eigenvalue weighted by Crippen LogP contribution is -2.38. The van der Waals surface area contributed by atoms with E-state index in [0.717, 1.165) is 57.5 Å². The van der Waals surface area contributed by atoms with E-state index in [9.17, 15) is 9.59 Å². The molecule has 0 bridgehead atoms. The number of aryl methyl sites for hydroxylation is 1. The molecular weight excluding hydrogens is 338 g/mol. The number of anilines is 1. The van der Waals surface area contributed by atoms with E-state index < -0.39 is 0 Å². The SMILES string of the molecule is CCCc1ccc(N2CC(C(=O)N3CC[C@@H]4CNC[C@@H]4CC3)CC2=O)cc1. The number of amides is 2. The standard InChI is InChI=1S/C22H31N3O2/c1-2-3-16-4-6-20(7-5-16)25-15-19(12-21(25)26)22(27)24-10-8-17-13-23-14-18(17)9-11-24/h4-7,17-19,23H,2-3,8-15H2,1H3/t17-,18+,19?. The highest BCUT2D eigenvalue weighted by molar-refractivity contribution is 6.00. The fourth-order valence-corrected chi connectivity index (χ4v) is 4.95. The summed E-state index contributed by atoms with van der Waals surface area (Å²) < 4.78 is 0. The lowest BCUT2D eigenvalue weighted by Gasteiger charge is -2.24. The van der Waals surface area contributed by atoms with Crippen molar-refractivity contribution < 1.29 is 9.59 Å². The van der Waals surface area contributed by atoms with E-state index in [1.165, 1.54) is 5.56 Å². The van der Waals surface area contributed by atoms with E-state index in [4.69, 9.17) is 0 Å². The summed E-state index contributed by atoms with van der Waals surface area (Å²) in [5.74, 6) is 1.50. The molecule has 3 aliphatic rings. The summed E-state index contributed by atoms with van der Waals surface area (Å²) in [7, 11) is 0. The summed E-state index contributed by atoms with van der Waals surface area (Å²) >= 11 is 0. The van der Waals surface area contributed by atoms with Crippen molar-refractivity contribution in [3.63, 3.8) is 0 Å². The second-order valence-electron chi connectivity index (χ2n) is 8.40. The highest BCUT2D eigenvalue weighted by Gasteiger charge is 2.39. The van der Waals surface area contributed by atoms with Crippen LogP contribution in [0.4, 0.5) is 5.69 Å². The molecule has 0 spiro atoms. The van der Waals surface area contributed by atoms with Gasteiger partial charge in [0.1, 0.15) is 0 Å². The largest absolute Gasteiger partial charge is 0.342 e. The minimum Gasteiger partial charge on any atom is -0.342 e. The minimum atomic E-state index is -0.191. The third-order valence-electron chi connectivity index (χ3n) is 6.59. The zero-order chi connectivity index (χ0) is 18.8. The first kappa shape index (κ1) is 18.5. The molecule has 1 aromatic carbocycles.